The molecule has 0 aromatic carbocycles. The van der Waals surface area contributed by atoms with E-state index in [4.69, 9.17) is 5.84 Å². The van der Waals surface area contributed by atoms with E-state index in [1.165, 1.54) is 4.88 Å². The second-order valence-electron chi connectivity index (χ2n) is 2.67. The smallest absolute Gasteiger partial charge is 0.107 e. The van der Waals surface area contributed by atoms with Crippen molar-refractivity contribution in [2.45, 2.75) is 6.17 Å². The van der Waals surface area contributed by atoms with Crippen molar-refractivity contribution in [1.82, 2.24) is 10.3 Å². The maximum absolute atomic E-state index is 5.41. The Hall–Kier alpha value is 0.0600. The summed E-state index contributed by atoms with van der Waals surface area (Å²) in [4.78, 5) is 3.23. The second-order valence-corrected chi connectivity index (χ2v) is 5.17. The van der Waals surface area contributed by atoms with Crippen LogP contribution in [0.3, 0.4) is 0 Å². The summed E-state index contributed by atoms with van der Waals surface area (Å²) in [5, 5.41) is 0. The highest BCUT2D eigenvalue weighted by Gasteiger charge is 2.13. The predicted molar refractivity (Wildman–Crippen MR) is 55.8 cm³/mol. The Bertz CT molecular complexity index is 249. The van der Waals surface area contributed by atoms with Crippen molar-refractivity contribution < 1.29 is 0 Å². The largest absolute Gasteiger partial charge is 0.289 e. The van der Waals surface area contributed by atoms with Gasteiger partial charge in [0.15, 0.2) is 0 Å². The second kappa shape index (κ2) is 4.34. The highest BCUT2D eigenvalue weighted by molar-refractivity contribution is 9.11. The molecule has 0 radical (unpaired) electrons. The highest BCUT2D eigenvalue weighted by Crippen LogP contribution is 2.27. The van der Waals surface area contributed by atoms with Crippen molar-refractivity contribution >= 4 is 27.3 Å². The molecule has 1 atom stereocenters. The standard InChI is InChI=1S/C7H12BrN3S/c1-11(2)7(10-9)5-3-4-6(8)12-5/h3-4,7,10H,9H2,1-2H3. The number of halogens is 1. The number of hydrogen-bond acceptors (Lipinski definition) is 4. The molecule has 0 saturated heterocycles. The van der Waals surface area contributed by atoms with E-state index in [2.05, 4.69) is 27.4 Å². The normalized spacial score (nSPS) is 13.8. The van der Waals surface area contributed by atoms with Gasteiger partial charge in [-0.25, -0.2) is 5.43 Å². The van der Waals surface area contributed by atoms with Gasteiger partial charge in [0.1, 0.15) is 6.17 Å². The van der Waals surface area contributed by atoms with Crippen LogP contribution < -0.4 is 11.3 Å². The van der Waals surface area contributed by atoms with Gasteiger partial charge in [-0.05, 0) is 42.2 Å². The number of nitrogens with zero attached hydrogens (tertiary/aromatic N) is 1. The maximum Gasteiger partial charge on any atom is 0.107 e. The summed E-state index contributed by atoms with van der Waals surface area (Å²) in [6.07, 6.45) is 0.0984. The number of rotatable bonds is 3. The van der Waals surface area contributed by atoms with E-state index in [1.807, 2.05) is 25.1 Å². The molecule has 5 heteroatoms. The van der Waals surface area contributed by atoms with E-state index in [1.54, 1.807) is 11.3 Å². The van der Waals surface area contributed by atoms with Crippen LogP contribution in [0.2, 0.25) is 0 Å². The average Bonchev–Trinajstić information content (AvgIpc) is 2.37. The Labute approximate surface area is 84.7 Å². The summed E-state index contributed by atoms with van der Waals surface area (Å²) in [6, 6.07) is 4.08. The Kier molecular flexibility index (Phi) is 3.67. The molecule has 1 aromatic heterocycles. The molecule has 68 valence electrons. The lowest BCUT2D eigenvalue weighted by Crippen LogP contribution is -2.37. The minimum Gasteiger partial charge on any atom is -0.289 e. The number of nitrogens with two attached hydrogens (primary N) is 1. The molecular formula is C7H12BrN3S. The molecule has 0 saturated carbocycles. The zero-order valence-electron chi connectivity index (χ0n) is 7.04. The Morgan fingerprint density at radius 1 is 1.58 bits per heavy atom. The van der Waals surface area contributed by atoms with Crippen molar-refractivity contribution in [2.75, 3.05) is 14.1 Å². The van der Waals surface area contributed by atoms with Crippen molar-refractivity contribution in [1.29, 1.82) is 0 Å². The van der Waals surface area contributed by atoms with Crippen LogP contribution >= 0.6 is 27.3 Å². The maximum atomic E-state index is 5.41. The number of nitrogens with one attached hydrogen (secondary N) is 1. The van der Waals surface area contributed by atoms with E-state index < -0.39 is 0 Å². The van der Waals surface area contributed by atoms with Crippen molar-refractivity contribution in [3.05, 3.63) is 20.8 Å². The zero-order valence-corrected chi connectivity index (χ0v) is 9.45. The summed E-state index contributed by atoms with van der Waals surface area (Å²) in [6.45, 7) is 0. The Balaban J connectivity index is 2.80. The van der Waals surface area contributed by atoms with E-state index in [0.29, 0.717) is 0 Å². The minimum atomic E-state index is 0.0984. The van der Waals surface area contributed by atoms with E-state index in [0.717, 1.165) is 3.79 Å². The lowest BCUT2D eigenvalue weighted by atomic mass is 10.4. The third-order valence-corrected chi connectivity index (χ3v) is 3.21. The van der Waals surface area contributed by atoms with Crippen LogP contribution in [0.1, 0.15) is 11.0 Å². The van der Waals surface area contributed by atoms with Crippen LogP contribution in [0.15, 0.2) is 15.9 Å². The summed E-state index contributed by atoms with van der Waals surface area (Å²) < 4.78 is 1.12. The molecule has 0 aliphatic carbocycles. The Morgan fingerprint density at radius 2 is 2.25 bits per heavy atom. The van der Waals surface area contributed by atoms with Gasteiger partial charge < -0.3 is 0 Å². The zero-order chi connectivity index (χ0) is 9.14. The molecule has 1 unspecified atom stereocenters. The van der Waals surface area contributed by atoms with Gasteiger partial charge in [-0.1, -0.05) is 0 Å². The van der Waals surface area contributed by atoms with Gasteiger partial charge in [0.05, 0.1) is 3.79 Å². The van der Waals surface area contributed by atoms with Crippen LogP contribution in [0.4, 0.5) is 0 Å². The van der Waals surface area contributed by atoms with Gasteiger partial charge >= 0.3 is 0 Å². The fraction of sp³-hybridized carbons (Fsp3) is 0.429. The molecule has 0 bridgehead atoms. The third kappa shape index (κ3) is 2.27. The van der Waals surface area contributed by atoms with Gasteiger partial charge in [-0.15, -0.1) is 11.3 Å². The highest BCUT2D eigenvalue weighted by atomic mass is 79.9. The first-order chi connectivity index (χ1) is 5.65. The minimum absolute atomic E-state index is 0.0984. The molecule has 3 N–H and O–H groups in total. The van der Waals surface area contributed by atoms with E-state index in [9.17, 15) is 0 Å². The van der Waals surface area contributed by atoms with Gasteiger partial charge in [-0.2, -0.15) is 0 Å². The van der Waals surface area contributed by atoms with Crippen molar-refractivity contribution in [2.24, 2.45) is 5.84 Å². The first-order valence-corrected chi connectivity index (χ1v) is 5.14. The van der Waals surface area contributed by atoms with Gasteiger partial charge in [-0.3, -0.25) is 10.7 Å². The molecule has 1 heterocycles. The molecule has 0 aliphatic heterocycles. The fourth-order valence-corrected chi connectivity index (χ4v) is 2.54. The topological polar surface area (TPSA) is 41.3 Å². The van der Waals surface area contributed by atoms with Crippen LogP contribution in [0.5, 0.6) is 0 Å². The third-order valence-electron chi connectivity index (χ3n) is 1.54. The lowest BCUT2D eigenvalue weighted by molar-refractivity contribution is 0.257. The molecule has 0 amide bonds. The van der Waals surface area contributed by atoms with Crippen LogP contribution in [-0.2, 0) is 0 Å². The average molecular weight is 250 g/mol. The van der Waals surface area contributed by atoms with E-state index >= 15 is 0 Å². The molecule has 1 aromatic rings. The summed E-state index contributed by atoms with van der Waals surface area (Å²) >= 11 is 5.09. The number of hydrazine groups is 1. The first kappa shape index (κ1) is 10.1. The molecule has 0 spiro atoms. The summed E-state index contributed by atoms with van der Waals surface area (Å²) in [7, 11) is 3.97. The predicted octanol–water partition coefficient (Wildman–Crippen LogP) is 1.53. The monoisotopic (exact) mass is 249 g/mol. The van der Waals surface area contributed by atoms with Crippen LogP contribution in [0, 0.1) is 0 Å². The van der Waals surface area contributed by atoms with Crippen LogP contribution in [-0.4, -0.2) is 19.0 Å². The van der Waals surface area contributed by atoms with E-state index in [-0.39, 0.29) is 6.17 Å². The van der Waals surface area contributed by atoms with Crippen molar-refractivity contribution in [3.63, 3.8) is 0 Å². The number of hydrogen-bond donors (Lipinski definition) is 2. The summed E-state index contributed by atoms with van der Waals surface area (Å²) in [5.74, 6) is 5.41. The first-order valence-electron chi connectivity index (χ1n) is 3.53. The molecule has 3 nitrogen and oxygen atoms in total. The number of thiophene rings is 1. The molecule has 1 rings (SSSR count). The summed E-state index contributed by atoms with van der Waals surface area (Å²) in [5.41, 5.74) is 2.75. The molecular weight excluding hydrogens is 238 g/mol. The fourth-order valence-electron chi connectivity index (χ4n) is 0.961. The van der Waals surface area contributed by atoms with Gasteiger partial charge in [0.25, 0.3) is 0 Å². The lowest BCUT2D eigenvalue weighted by Gasteiger charge is -2.21. The molecule has 0 aliphatic rings. The Morgan fingerprint density at radius 3 is 2.58 bits per heavy atom. The SMILES string of the molecule is CN(C)C(NN)c1ccc(Br)s1. The molecule has 0 fully saturated rings. The molecule has 12 heavy (non-hydrogen) atoms. The quantitative estimate of drug-likeness (QED) is 0.485. The van der Waals surface area contributed by atoms with Gasteiger partial charge in [0.2, 0.25) is 0 Å². The van der Waals surface area contributed by atoms with Crippen LogP contribution in [0.25, 0.3) is 0 Å². The van der Waals surface area contributed by atoms with Gasteiger partial charge in [0, 0.05) is 4.88 Å². The van der Waals surface area contributed by atoms with Crippen molar-refractivity contribution in [3.8, 4) is 0 Å².